The molecular weight excluding hydrogens is 933 g/mol. The van der Waals surface area contributed by atoms with Crippen LogP contribution < -0.4 is 9.47 Å². The van der Waals surface area contributed by atoms with Gasteiger partial charge in [0.05, 0.1) is 116 Å². The summed E-state index contributed by atoms with van der Waals surface area (Å²) in [5.41, 5.74) is 1.49. The van der Waals surface area contributed by atoms with E-state index in [9.17, 15) is 50.4 Å². The quantitative estimate of drug-likeness (QED) is 0.0225. The minimum atomic E-state index is -1.53. The van der Waals surface area contributed by atoms with Crippen molar-refractivity contribution in [3.05, 3.63) is 82.4 Å². The Hall–Kier alpha value is -4.98. The summed E-state index contributed by atoms with van der Waals surface area (Å²) in [6.45, 7) is 1.37. The molecule has 7 rings (SSSR count). The normalized spacial score (nSPS) is 25.5. The topological polar surface area (TPSA) is 350 Å². The monoisotopic (exact) mass is 990 g/mol. The van der Waals surface area contributed by atoms with Crippen molar-refractivity contribution >= 4 is 11.6 Å². The Labute approximate surface area is 399 Å². The van der Waals surface area contributed by atoms with Gasteiger partial charge in [0.1, 0.15) is 84.9 Å². The maximum absolute atomic E-state index is 14.1. The Morgan fingerprint density at radius 1 is 0.500 bits per heavy atom. The fourth-order valence-corrected chi connectivity index (χ4v) is 7.57. The van der Waals surface area contributed by atoms with E-state index in [4.69, 9.17) is 47.4 Å². The van der Waals surface area contributed by atoms with Crippen LogP contribution in [0.25, 0.3) is 0 Å². The fourth-order valence-electron chi connectivity index (χ4n) is 7.57. The van der Waals surface area contributed by atoms with Crippen molar-refractivity contribution < 1.29 is 97.8 Å². The zero-order valence-corrected chi connectivity index (χ0v) is 37.9. The number of ether oxygens (including phenoxy) is 10. The van der Waals surface area contributed by atoms with Crippen LogP contribution in [-0.2, 0) is 64.2 Å². The second kappa shape index (κ2) is 25.9. The molecule has 0 amide bonds. The van der Waals surface area contributed by atoms with Crippen molar-refractivity contribution in [1.29, 1.82) is 0 Å². The van der Waals surface area contributed by atoms with Crippen molar-refractivity contribution in [2.45, 2.75) is 87.7 Å². The van der Waals surface area contributed by atoms with Gasteiger partial charge in [-0.15, -0.1) is 10.2 Å². The summed E-state index contributed by atoms with van der Waals surface area (Å²) in [7, 11) is 0. The molecule has 70 heavy (non-hydrogen) atoms. The van der Waals surface area contributed by atoms with Crippen molar-refractivity contribution in [2.24, 2.45) is 0 Å². The van der Waals surface area contributed by atoms with Gasteiger partial charge < -0.3 is 88.2 Å². The van der Waals surface area contributed by atoms with Gasteiger partial charge in [-0.2, -0.15) is 0 Å². The second-order valence-electron chi connectivity index (χ2n) is 16.1. The highest BCUT2D eigenvalue weighted by Crippen LogP contribution is 2.38. The van der Waals surface area contributed by atoms with Gasteiger partial charge >= 0.3 is 0 Å². The first-order chi connectivity index (χ1) is 34.0. The summed E-state index contributed by atoms with van der Waals surface area (Å²) >= 11 is 0. The molecule has 2 saturated heterocycles. The average Bonchev–Trinajstić information content (AvgIpc) is 4.04. The highest BCUT2D eigenvalue weighted by molar-refractivity contribution is 6.30. The van der Waals surface area contributed by atoms with E-state index in [1.807, 2.05) is 0 Å². The third-order valence-electron chi connectivity index (χ3n) is 11.3. The molecule has 0 bridgehead atoms. The minimum absolute atomic E-state index is 0.0168. The van der Waals surface area contributed by atoms with Crippen LogP contribution in [0.1, 0.15) is 43.2 Å². The van der Waals surface area contributed by atoms with E-state index < -0.39 is 80.4 Å². The van der Waals surface area contributed by atoms with E-state index in [-0.39, 0.29) is 119 Å². The van der Waals surface area contributed by atoms with Gasteiger partial charge in [-0.3, -0.25) is 9.59 Å². The zero-order chi connectivity index (χ0) is 49.6. The number of fused-ring (bicyclic) bond motifs is 2. The number of benzene rings is 2. The van der Waals surface area contributed by atoms with Crippen LogP contribution >= 0.6 is 0 Å². The Bertz CT molecular complexity index is 2130. The molecular formula is C44H58N6O20. The molecule has 26 nitrogen and oxygen atoms in total. The molecule has 0 radical (unpaired) electrons. The number of aliphatic hydroxyl groups excluding tert-OH is 8. The second-order valence-corrected chi connectivity index (χ2v) is 16.1. The SMILES string of the molecule is O=C1c2cccc(OCc3cn(CCOCCOCCO[C@H]4O[C@H](CO)[C@H](O)[C@H](O)[C@H]4O)nn3)c2C(=O)c2c(OCc3cn(CCOCCOCCO[C@H]4O[C@H](CO)[C@H](O)[C@H](O)[C@H]4O)nn3)cccc21. The third-order valence-corrected chi connectivity index (χ3v) is 11.3. The van der Waals surface area contributed by atoms with Crippen molar-refractivity contribution in [2.75, 3.05) is 79.3 Å². The number of carbonyl (C=O) groups is 2. The molecule has 0 unspecified atom stereocenters. The lowest BCUT2D eigenvalue weighted by molar-refractivity contribution is -0.302. The lowest BCUT2D eigenvalue weighted by Crippen LogP contribution is -2.59. The molecule has 1 aliphatic carbocycles. The summed E-state index contributed by atoms with van der Waals surface area (Å²) in [5.74, 6) is -0.445. The van der Waals surface area contributed by atoms with Crippen LogP contribution in [0.3, 0.4) is 0 Å². The summed E-state index contributed by atoms with van der Waals surface area (Å²) in [5, 5.41) is 94.6. The molecule has 2 aromatic carbocycles. The number of hydrogen-bond donors (Lipinski definition) is 8. The largest absolute Gasteiger partial charge is 0.486 e. The molecule has 26 heteroatoms. The Morgan fingerprint density at radius 2 is 0.900 bits per heavy atom. The molecule has 8 N–H and O–H groups in total. The van der Waals surface area contributed by atoms with E-state index in [2.05, 4.69) is 20.6 Å². The van der Waals surface area contributed by atoms with Crippen LogP contribution in [0.5, 0.6) is 11.5 Å². The van der Waals surface area contributed by atoms with Gasteiger partial charge in [0, 0.05) is 11.1 Å². The maximum Gasteiger partial charge on any atom is 0.201 e. The summed E-state index contributed by atoms with van der Waals surface area (Å²) in [6, 6.07) is 9.60. The fraction of sp³-hybridized carbons (Fsp3) is 0.591. The molecule has 0 spiro atoms. The highest BCUT2D eigenvalue weighted by Gasteiger charge is 2.45. The van der Waals surface area contributed by atoms with Gasteiger partial charge in [-0.05, 0) is 12.1 Å². The number of hydrogen-bond acceptors (Lipinski definition) is 24. The molecule has 2 fully saturated rings. The van der Waals surface area contributed by atoms with Crippen molar-refractivity contribution in [3.63, 3.8) is 0 Å². The molecule has 384 valence electrons. The van der Waals surface area contributed by atoms with E-state index >= 15 is 0 Å². The first-order valence-corrected chi connectivity index (χ1v) is 22.5. The lowest BCUT2D eigenvalue weighted by Gasteiger charge is -2.39. The Balaban J connectivity index is 0.792. The molecule has 3 aliphatic rings. The van der Waals surface area contributed by atoms with Crippen LogP contribution in [0, 0.1) is 0 Å². The zero-order valence-electron chi connectivity index (χ0n) is 37.9. The predicted molar refractivity (Wildman–Crippen MR) is 231 cm³/mol. The highest BCUT2D eigenvalue weighted by atomic mass is 16.7. The van der Waals surface area contributed by atoms with E-state index in [1.165, 1.54) is 0 Å². The van der Waals surface area contributed by atoms with Gasteiger partial charge in [0.15, 0.2) is 18.4 Å². The van der Waals surface area contributed by atoms with Crippen LogP contribution in [0.2, 0.25) is 0 Å². The summed E-state index contributed by atoms with van der Waals surface area (Å²) in [6.07, 6.45) is -10.2. The minimum Gasteiger partial charge on any atom is -0.486 e. The van der Waals surface area contributed by atoms with E-state index in [0.29, 0.717) is 24.5 Å². The smallest absolute Gasteiger partial charge is 0.201 e. The van der Waals surface area contributed by atoms with E-state index in [1.54, 1.807) is 58.2 Å². The Morgan fingerprint density at radius 3 is 1.31 bits per heavy atom. The third kappa shape index (κ3) is 13.3. The van der Waals surface area contributed by atoms with Gasteiger partial charge in [0.25, 0.3) is 0 Å². The maximum atomic E-state index is 14.1. The first kappa shape index (κ1) is 52.8. The number of rotatable bonds is 28. The first-order valence-electron chi connectivity index (χ1n) is 22.5. The van der Waals surface area contributed by atoms with E-state index in [0.717, 1.165) is 0 Å². The number of aliphatic hydroxyl groups is 8. The van der Waals surface area contributed by atoms with Crippen LogP contribution in [0.15, 0.2) is 48.8 Å². The summed E-state index contributed by atoms with van der Waals surface area (Å²) < 4.78 is 58.7. The van der Waals surface area contributed by atoms with Crippen molar-refractivity contribution in [3.8, 4) is 11.5 Å². The van der Waals surface area contributed by atoms with Gasteiger partial charge in [-0.1, -0.05) is 34.7 Å². The van der Waals surface area contributed by atoms with Crippen LogP contribution in [0.4, 0.5) is 0 Å². The number of aromatic nitrogens is 6. The lowest BCUT2D eigenvalue weighted by atomic mass is 9.83. The van der Waals surface area contributed by atoms with Crippen molar-refractivity contribution in [1.82, 2.24) is 30.0 Å². The molecule has 0 saturated carbocycles. The van der Waals surface area contributed by atoms with Gasteiger partial charge in [-0.25, -0.2) is 9.36 Å². The number of ketones is 2. The number of carbonyl (C=O) groups excluding carboxylic acids is 2. The standard InChI is InChI=1S/C44H58N6O20/c51-21-31-36(54)39(57)41(59)43(69-31)65-17-15-63-13-11-61-9-7-49-19-25(45-47-49)23-67-29-5-1-3-27-33(29)38(56)34-28(35(27)53)4-2-6-30(34)68-24-26-20-50(48-46-26)8-10-62-12-14-64-16-18-66-44-42(60)40(58)37(55)32(22-52)70-44/h1-6,19-20,31-32,36-37,39-44,51-52,54-55,57-60H,7-18,21-24H2/t31-,32-,36+,37+,39+,40+,41-,42-,43+,44+/m1/s1. The molecule has 10 atom stereocenters. The molecule has 2 aliphatic heterocycles. The molecule has 4 heterocycles. The Kier molecular flexibility index (Phi) is 19.6. The molecule has 4 aromatic rings. The summed E-state index contributed by atoms with van der Waals surface area (Å²) in [4.78, 5) is 27.9. The number of nitrogens with zero attached hydrogens (tertiary/aromatic N) is 6. The predicted octanol–water partition coefficient (Wildman–Crippen LogP) is -3.50. The van der Waals surface area contributed by atoms with Gasteiger partial charge in [0.2, 0.25) is 5.78 Å². The molecule has 2 aromatic heterocycles. The van der Waals surface area contributed by atoms with Crippen LogP contribution in [-0.4, -0.2) is 223 Å². The average molecular weight is 991 g/mol.